The maximum atomic E-state index is 12.6. The molecule has 9 heteroatoms. The van der Waals surface area contributed by atoms with Crippen LogP contribution >= 0.6 is 0 Å². The Balaban J connectivity index is 3.24. The summed E-state index contributed by atoms with van der Waals surface area (Å²) in [5.41, 5.74) is 0. The van der Waals surface area contributed by atoms with Crippen LogP contribution in [-0.2, 0) is 42.9 Å². The predicted octanol–water partition coefficient (Wildman–Crippen LogP) is 4.38. The molecular weight excluding hydrogens is 468 g/mol. The van der Waals surface area contributed by atoms with Crippen molar-refractivity contribution in [2.45, 2.75) is 135 Å². The summed E-state index contributed by atoms with van der Waals surface area (Å²) in [6.45, 7) is 7.74. The van der Waals surface area contributed by atoms with Gasteiger partial charge in [0, 0.05) is 25.7 Å². The van der Waals surface area contributed by atoms with Crippen molar-refractivity contribution in [3.63, 3.8) is 0 Å². The lowest BCUT2D eigenvalue weighted by atomic mass is 10.0. The predicted molar refractivity (Wildman–Crippen MR) is 131 cm³/mol. The van der Waals surface area contributed by atoms with Gasteiger partial charge in [0.15, 0.2) is 18.3 Å². The summed E-state index contributed by atoms with van der Waals surface area (Å²) in [4.78, 5) is 49.8. The molecule has 36 heavy (non-hydrogen) atoms. The van der Waals surface area contributed by atoms with Gasteiger partial charge >= 0.3 is 23.9 Å². The molecule has 204 valence electrons. The molecule has 5 atom stereocenters. The van der Waals surface area contributed by atoms with E-state index in [0.29, 0.717) is 25.7 Å². The Morgan fingerprint density at radius 1 is 0.694 bits per heavy atom. The van der Waals surface area contributed by atoms with Crippen molar-refractivity contribution >= 4 is 23.9 Å². The third-order valence-corrected chi connectivity index (χ3v) is 5.65. The highest BCUT2D eigenvalue weighted by Crippen LogP contribution is 2.32. The average molecular weight is 511 g/mol. The summed E-state index contributed by atoms with van der Waals surface area (Å²) in [5, 5.41) is 0. The first-order chi connectivity index (χ1) is 17.3. The molecule has 1 aliphatic rings. The van der Waals surface area contributed by atoms with Gasteiger partial charge in [-0.25, -0.2) is 0 Å². The number of unbranched alkanes of at least 4 members (excludes halogenated alkanes) is 4. The third kappa shape index (κ3) is 11.0. The molecule has 1 fully saturated rings. The minimum absolute atomic E-state index is 0.133. The van der Waals surface area contributed by atoms with Crippen molar-refractivity contribution in [3.05, 3.63) is 0 Å². The fourth-order valence-corrected chi connectivity index (χ4v) is 3.54. The molecule has 1 saturated heterocycles. The molecule has 0 aromatic carbocycles. The highest BCUT2D eigenvalue weighted by molar-refractivity contribution is 5.72. The first-order valence-electron chi connectivity index (χ1n) is 13.2. The van der Waals surface area contributed by atoms with Crippen molar-refractivity contribution in [1.29, 1.82) is 0 Å². The largest absolute Gasteiger partial charge is 0.455 e. The normalized spacial score (nSPS) is 21.8. The molecule has 0 aromatic rings. The number of hydrogen-bond donors (Lipinski definition) is 0. The number of esters is 4. The smallest absolute Gasteiger partial charge is 0.308 e. The second kappa shape index (κ2) is 17.8. The summed E-state index contributed by atoms with van der Waals surface area (Å²) in [7, 11) is 0. The van der Waals surface area contributed by atoms with Crippen LogP contribution < -0.4 is 0 Å². The molecule has 1 aliphatic heterocycles. The van der Waals surface area contributed by atoms with Gasteiger partial charge in [-0.3, -0.25) is 19.2 Å². The molecule has 0 saturated carbocycles. The molecule has 4 unspecified atom stereocenters. The topological polar surface area (TPSA) is 114 Å². The summed E-state index contributed by atoms with van der Waals surface area (Å²) in [6, 6.07) is 0. The Bertz CT molecular complexity index is 742. The van der Waals surface area contributed by atoms with Crippen LogP contribution in [-0.4, -0.2) is 54.6 Å². The fourth-order valence-electron chi connectivity index (χ4n) is 3.54. The molecule has 0 bridgehead atoms. The van der Waals surface area contributed by atoms with E-state index in [1.165, 1.54) is 0 Å². The van der Waals surface area contributed by atoms with Gasteiger partial charge in [-0.1, -0.05) is 59.3 Å². The molecule has 0 radical (unpaired) electrons. The first kappa shape index (κ1) is 31.4. The molecule has 0 spiro atoms. The van der Waals surface area contributed by atoms with E-state index < -0.39 is 54.6 Å². The van der Waals surface area contributed by atoms with Crippen LogP contribution in [0.1, 0.15) is 105 Å². The quantitative estimate of drug-likeness (QED) is 0.160. The van der Waals surface area contributed by atoms with Crippen molar-refractivity contribution < 1.29 is 42.9 Å². The Kier molecular flexibility index (Phi) is 15.5. The lowest BCUT2D eigenvalue weighted by Crippen LogP contribution is -2.45. The van der Waals surface area contributed by atoms with Gasteiger partial charge in [-0.2, -0.15) is 0 Å². The van der Waals surface area contributed by atoms with Crippen LogP contribution in [0, 0.1) is 12.3 Å². The van der Waals surface area contributed by atoms with Crippen molar-refractivity contribution in [2.75, 3.05) is 0 Å². The van der Waals surface area contributed by atoms with Gasteiger partial charge in [0.25, 0.3) is 0 Å². The highest BCUT2D eigenvalue weighted by Gasteiger charge is 2.55. The Labute approximate surface area is 214 Å². The van der Waals surface area contributed by atoms with Crippen LogP contribution in [0.15, 0.2) is 0 Å². The average Bonchev–Trinajstić information content (AvgIpc) is 3.17. The van der Waals surface area contributed by atoms with Gasteiger partial charge in [-0.05, 0) is 25.7 Å². The number of carbonyl (C=O) groups is 4. The monoisotopic (exact) mass is 510 g/mol. The van der Waals surface area contributed by atoms with E-state index in [4.69, 9.17) is 30.1 Å². The Morgan fingerprint density at radius 2 is 1.11 bits per heavy atom. The van der Waals surface area contributed by atoms with Gasteiger partial charge < -0.3 is 23.7 Å². The lowest BCUT2D eigenvalue weighted by molar-refractivity contribution is -0.201. The van der Waals surface area contributed by atoms with Crippen LogP contribution in [0.4, 0.5) is 0 Å². The highest BCUT2D eigenvalue weighted by atomic mass is 16.8. The van der Waals surface area contributed by atoms with Gasteiger partial charge in [0.2, 0.25) is 12.4 Å². The maximum Gasteiger partial charge on any atom is 0.308 e. The summed E-state index contributed by atoms with van der Waals surface area (Å²) < 4.78 is 28.1. The van der Waals surface area contributed by atoms with Crippen molar-refractivity contribution in [3.8, 4) is 12.3 Å². The zero-order valence-corrected chi connectivity index (χ0v) is 22.1. The molecule has 9 nitrogen and oxygen atoms in total. The number of terminal acetylenes is 1. The van der Waals surface area contributed by atoms with Gasteiger partial charge in [0.05, 0.1) is 0 Å². The SMILES string of the molecule is C#CC(OC(=O)CCCC)C1OC(OC(=O)CCCC)C(OC(=O)CCCC)[C@@H]1OC(=O)CCCC. The van der Waals surface area contributed by atoms with Crippen molar-refractivity contribution in [2.24, 2.45) is 0 Å². The Hall–Kier alpha value is -2.60. The van der Waals surface area contributed by atoms with Crippen LogP contribution in [0.5, 0.6) is 0 Å². The molecule has 0 N–H and O–H groups in total. The number of hydrogen-bond acceptors (Lipinski definition) is 9. The molecule has 0 amide bonds. The fraction of sp³-hybridized carbons (Fsp3) is 0.778. The van der Waals surface area contributed by atoms with E-state index in [1.54, 1.807) is 0 Å². The second-order valence-electron chi connectivity index (χ2n) is 8.86. The van der Waals surface area contributed by atoms with Crippen molar-refractivity contribution in [1.82, 2.24) is 0 Å². The summed E-state index contributed by atoms with van der Waals surface area (Å²) in [6.07, 6.45) is 5.51. The number of carbonyl (C=O) groups excluding carboxylic acids is 4. The summed E-state index contributed by atoms with van der Waals surface area (Å²) in [5.74, 6) is 0.201. The zero-order chi connectivity index (χ0) is 26.9. The van der Waals surface area contributed by atoms with E-state index in [9.17, 15) is 19.2 Å². The molecule has 0 aliphatic carbocycles. The van der Waals surface area contributed by atoms with E-state index in [-0.39, 0.29) is 25.7 Å². The molecule has 1 heterocycles. The van der Waals surface area contributed by atoms with Crippen LogP contribution in [0.3, 0.4) is 0 Å². The number of ether oxygens (including phenoxy) is 5. The van der Waals surface area contributed by atoms with Gasteiger partial charge in [-0.15, -0.1) is 6.42 Å². The number of rotatable bonds is 17. The Morgan fingerprint density at radius 3 is 1.56 bits per heavy atom. The van der Waals surface area contributed by atoms with Crippen LogP contribution in [0.25, 0.3) is 0 Å². The van der Waals surface area contributed by atoms with E-state index in [2.05, 4.69) is 5.92 Å². The minimum atomic E-state index is -1.36. The van der Waals surface area contributed by atoms with E-state index in [0.717, 1.165) is 25.7 Å². The molecular formula is C27H42O9. The maximum absolute atomic E-state index is 12.6. The van der Waals surface area contributed by atoms with Gasteiger partial charge in [0.1, 0.15) is 0 Å². The van der Waals surface area contributed by atoms with Crippen LogP contribution in [0.2, 0.25) is 0 Å². The lowest BCUT2D eigenvalue weighted by Gasteiger charge is -2.26. The first-order valence-corrected chi connectivity index (χ1v) is 13.2. The second-order valence-corrected chi connectivity index (χ2v) is 8.86. The van der Waals surface area contributed by atoms with E-state index in [1.807, 2.05) is 27.7 Å². The summed E-state index contributed by atoms with van der Waals surface area (Å²) >= 11 is 0. The zero-order valence-electron chi connectivity index (χ0n) is 22.1. The molecule has 0 aromatic heterocycles. The standard InChI is InChI=1S/C27H42O9/c1-6-11-15-20(28)32-19(10-5)24-25(33-21(29)16-12-7-2)26(34-22(30)17-13-8-3)27(36-24)35-23(31)18-14-9-4/h5,19,24-27H,6-9,11-18H2,1-4H3/t19?,24?,25-,26?,27?/m1/s1. The third-order valence-electron chi connectivity index (χ3n) is 5.65. The minimum Gasteiger partial charge on any atom is -0.455 e. The van der Waals surface area contributed by atoms with E-state index >= 15 is 0 Å². The molecule has 1 rings (SSSR count).